The summed E-state index contributed by atoms with van der Waals surface area (Å²) in [5.74, 6) is 0.732. The molecule has 0 aliphatic carbocycles. The zero-order valence-corrected chi connectivity index (χ0v) is 13.2. The number of nitrogens with zero attached hydrogens (tertiary/aromatic N) is 1. The number of nitrogens with one attached hydrogen (secondary N) is 2. The van der Waals surface area contributed by atoms with Crippen molar-refractivity contribution in [3.05, 3.63) is 52.6 Å². The van der Waals surface area contributed by atoms with Crippen LogP contribution in [-0.4, -0.2) is 20.4 Å². The molecule has 106 valence electrons. The fraction of sp³-hybridized carbons (Fsp3) is 0.154. The van der Waals surface area contributed by atoms with E-state index in [1.807, 2.05) is 18.2 Å². The highest BCUT2D eigenvalue weighted by molar-refractivity contribution is 9.10. The zero-order valence-electron chi connectivity index (χ0n) is 10.8. The number of rotatable bonds is 5. The third kappa shape index (κ3) is 3.78. The first-order chi connectivity index (χ1) is 9.51. The van der Waals surface area contributed by atoms with Crippen molar-refractivity contribution < 1.29 is 8.42 Å². The van der Waals surface area contributed by atoms with E-state index in [2.05, 4.69) is 31.0 Å². The van der Waals surface area contributed by atoms with Crippen molar-refractivity contribution in [3.63, 3.8) is 0 Å². The van der Waals surface area contributed by atoms with E-state index in [4.69, 9.17) is 0 Å². The van der Waals surface area contributed by atoms with Crippen molar-refractivity contribution in [2.45, 2.75) is 11.4 Å². The van der Waals surface area contributed by atoms with Crippen LogP contribution in [0.4, 0.5) is 5.82 Å². The average Bonchev–Trinajstić information content (AvgIpc) is 2.47. The molecule has 20 heavy (non-hydrogen) atoms. The van der Waals surface area contributed by atoms with Gasteiger partial charge in [-0.1, -0.05) is 12.1 Å². The second-order valence-corrected chi connectivity index (χ2v) is 6.87. The average molecular weight is 356 g/mol. The number of hydrogen-bond acceptors (Lipinski definition) is 4. The summed E-state index contributed by atoms with van der Waals surface area (Å²) >= 11 is 3.32. The maximum Gasteiger partial charge on any atom is 0.240 e. The number of halogens is 1. The molecule has 0 aliphatic rings. The molecule has 1 aromatic carbocycles. The Kier molecular flexibility index (Phi) is 4.74. The number of sulfonamides is 1. The molecule has 0 amide bonds. The van der Waals surface area contributed by atoms with E-state index in [1.165, 1.54) is 7.05 Å². The van der Waals surface area contributed by atoms with E-state index in [9.17, 15) is 8.42 Å². The zero-order chi connectivity index (χ0) is 14.6. The lowest BCUT2D eigenvalue weighted by Crippen LogP contribution is -2.18. The monoisotopic (exact) mass is 355 g/mol. The number of aromatic nitrogens is 1. The predicted molar refractivity (Wildman–Crippen MR) is 82.0 cm³/mol. The maximum absolute atomic E-state index is 11.7. The lowest BCUT2D eigenvalue weighted by molar-refractivity contribution is 0.588. The molecule has 0 spiro atoms. The second-order valence-electron chi connectivity index (χ2n) is 4.07. The van der Waals surface area contributed by atoms with Crippen LogP contribution in [0.3, 0.4) is 0 Å². The van der Waals surface area contributed by atoms with Gasteiger partial charge in [0.05, 0.1) is 4.90 Å². The van der Waals surface area contributed by atoms with Crippen molar-refractivity contribution in [2.24, 2.45) is 0 Å². The smallest absolute Gasteiger partial charge is 0.240 e. The van der Waals surface area contributed by atoms with Gasteiger partial charge in [0, 0.05) is 17.2 Å². The molecule has 0 aliphatic heterocycles. The summed E-state index contributed by atoms with van der Waals surface area (Å²) in [6.45, 7) is 0.502. The Labute approximate surface area is 126 Å². The molecule has 0 bridgehead atoms. The van der Waals surface area contributed by atoms with Crippen molar-refractivity contribution in [1.29, 1.82) is 0 Å². The molecule has 0 radical (unpaired) electrons. The largest absolute Gasteiger partial charge is 0.366 e. The Morgan fingerprint density at radius 2 is 2.05 bits per heavy atom. The van der Waals surface area contributed by atoms with Gasteiger partial charge in [0.15, 0.2) is 0 Å². The molecule has 0 unspecified atom stereocenters. The standard InChI is InChI=1S/C13H14BrN3O2S/c1-15-20(18,19)12-4-2-3-10(7-12)8-16-13-6-5-11(14)9-17-13/h2-7,9,15H,8H2,1H3,(H,16,17). The van der Waals surface area contributed by atoms with Crippen LogP contribution in [0, 0.1) is 0 Å². The highest BCUT2D eigenvalue weighted by atomic mass is 79.9. The molecule has 5 nitrogen and oxygen atoms in total. The van der Waals surface area contributed by atoms with Gasteiger partial charge in [0.25, 0.3) is 0 Å². The molecule has 0 saturated heterocycles. The van der Waals surface area contributed by atoms with Gasteiger partial charge in [-0.25, -0.2) is 18.1 Å². The third-order valence-corrected chi connectivity index (χ3v) is 4.56. The van der Waals surface area contributed by atoms with Crippen LogP contribution in [0.5, 0.6) is 0 Å². The Hall–Kier alpha value is -1.44. The normalized spacial score (nSPS) is 11.3. The first kappa shape index (κ1) is 15.0. The van der Waals surface area contributed by atoms with Crippen LogP contribution >= 0.6 is 15.9 Å². The number of anilines is 1. The maximum atomic E-state index is 11.7. The first-order valence-corrected chi connectivity index (χ1v) is 8.17. The molecule has 2 N–H and O–H groups in total. The number of pyridine rings is 1. The summed E-state index contributed by atoms with van der Waals surface area (Å²) in [5, 5.41) is 3.14. The van der Waals surface area contributed by atoms with Crippen LogP contribution in [0.2, 0.25) is 0 Å². The van der Waals surface area contributed by atoms with Crippen molar-refractivity contribution >= 4 is 31.8 Å². The van der Waals surface area contributed by atoms with E-state index >= 15 is 0 Å². The molecule has 0 atom stereocenters. The van der Waals surface area contributed by atoms with Gasteiger partial charge in [-0.2, -0.15) is 0 Å². The fourth-order valence-electron chi connectivity index (χ4n) is 1.61. The fourth-order valence-corrected chi connectivity index (χ4v) is 2.65. The van der Waals surface area contributed by atoms with Gasteiger partial charge in [-0.15, -0.1) is 0 Å². The van der Waals surface area contributed by atoms with E-state index in [1.54, 1.807) is 24.4 Å². The highest BCUT2D eigenvalue weighted by Gasteiger charge is 2.11. The third-order valence-electron chi connectivity index (χ3n) is 2.68. The van der Waals surface area contributed by atoms with E-state index in [0.29, 0.717) is 6.54 Å². The van der Waals surface area contributed by atoms with Gasteiger partial charge < -0.3 is 5.32 Å². The quantitative estimate of drug-likeness (QED) is 0.863. The van der Waals surface area contributed by atoms with Crippen LogP contribution in [0.15, 0.2) is 52.0 Å². The van der Waals surface area contributed by atoms with Gasteiger partial charge in [-0.3, -0.25) is 0 Å². The van der Waals surface area contributed by atoms with Gasteiger partial charge in [0.1, 0.15) is 5.82 Å². The van der Waals surface area contributed by atoms with Crippen LogP contribution < -0.4 is 10.0 Å². The SMILES string of the molecule is CNS(=O)(=O)c1cccc(CNc2ccc(Br)cn2)c1. The minimum Gasteiger partial charge on any atom is -0.366 e. The topological polar surface area (TPSA) is 71.1 Å². The van der Waals surface area contributed by atoms with E-state index in [-0.39, 0.29) is 4.90 Å². The van der Waals surface area contributed by atoms with Gasteiger partial charge in [0.2, 0.25) is 10.0 Å². The molecular weight excluding hydrogens is 342 g/mol. The van der Waals surface area contributed by atoms with Crippen molar-refractivity contribution in [1.82, 2.24) is 9.71 Å². The van der Waals surface area contributed by atoms with Crippen LogP contribution in [0.25, 0.3) is 0 Å². The number of benzene rings is 1. The van der Waals surface area contributed by atoms with Gasteiger partial charge in [-0.05, 0) is 52.8 Å². The predicted octanol–water partition coefficient (Wildman–Crippen LogP) is 2.36. The molecule has 1 aromatic heterocycles. The lowest BCUT2D eigenvalue weighted by Gasteiger charge is -2.08. The summed E-state index contributed by atoms with van der Waals surface area (Å²) in [6.07, 6.45) is 1.70. The molecule has 2 aromatic rings. The molecule has 0 fully saturated rings. The Morgan fingerprint density at radius 1 is 1.25 bits per heavy atom. The first-order valence-electron chi connectivity index (χ1n) is 5.89. The second kappa shape index (κ2) is 6.34. The summed E-state index contributed by atoms with van der Waals surface area (Å²) in [7, 11) is -2.01. The van der Waals surface area contributed by atoms with Crippen LogP contribution in [-0.2, 0) is 16.6 Å². The summed E-state index contributed by atoms with van der Waals surface area (Å²) < 4.78 is 26.6. The molecule has 2 rings (SSSR count). The summed E-state index contributed by atoms with van der Waals surface area (Å²) in [6, 6.07) is 10.5. The Balaban J connectivity index is 2.11. The van der Waals surface area contributed by atoms with Crippen molar-refractivity contribution in [2.75, 3.05) is 12.4 Å². The van der Waals surface area contributed by atoms with Crippen molar-refractivity contribution in [3.8, 4) is 0 Å². The Morgan fingerprint density at radius 3 is 2.70 bits per heavy atom. The minimum absolute atomic E-state index is 0.253. The molecular formula is C13H14BrN3O2S. The molecule has 0 saturated carbocycles. The molecule has 7 heteroatoms. The molecule has 1 heterocycles. The summed E-state index contributed by atoms with van der Waals surface area (Å²) in [5.41, 5.74) is 0.867. The highest BCUT2D eigenvalue weighted by Crippen LogP contribution is 2.14. The van der Waals surface area contributed by atoms with Gasteiger partial charge >= 0.3 is 0 Å². The van der Waals surface area contributed by atoms with E-state index < -0.39 is 10.0 Å². The van der Waals surface area contributed by atoms with Crippen LogP contribution in [0.1, 0.15) is 5.56 Å². The minimum atomic E-state index is -3.41. The lowest BCUT2D eigenvalue weighted by atomic mass is 10.2. The number of hydrogen-bond donors (Lipinski definition) is 2. The van der Waals surface area contributed by atoms with E-state index in [0.717, 1.165) is 15.9 Å². The Bertz CT molecular complexity index is 687. The summed E-state index contributed by atoms with van der Waals surface area (Å²) in [4.78, 5) is 4.44.